The van der Waals surface area contributed by atoms with Gasteiger partial charge in [0.05, 0.1) is 12.0 Å². The molecule has 28 heavy (non-hydrogen) atoms. The Balaban J connectivity index is 1.35. The zero-order valence-corrected chi connectivity index (χ0v) is 16.8. The van der Waals surface area contributed by atoms with Crippen LogP contribution in [0, 0.1) is 0 Å². The lowest BCUT2D eigenvalue weighted by atomic mass is 10.1. The second-order valence-electron chi connectivity index (χ2n) is 7.03. The maximum Gasteiger partial charge on any atom is 0.243 e. The van der Waals surface area contributed by atoms with Crippen LogP contribution in [0.3, 0.4) is 0 Å². The highest BCUT2D eigenvalue weighted by molar-refractivity contribution is 7.89. The van der Waals surface area contributed by atoms with Gasteiger partial charge in [-0.05, 0) is 42.3 Å². The van der Waals surface area contributed by atoms with Crippen molar-refractivity contribution in [3.63, 3.8) is 0 Å². The number of ether oxygens (including phenoxy) is 1. The fourth-order valence-electron chi connectivity index (χ4n) is 3.71. The second-order valence-corrected chi connectivity index (χ2v) is 8.97. The lowest BCUT2D eigenvalue weighted by Gasteiger charge is -2.34. The highest BCUT2D eigenvalue weighted by Gasteiger charge is 2.28. The molecule has 148 valence electrons. The highest BCUT2D eigenvalue weighted by atomic mass is 32.2. The van der Waals surface area contributed by atoms with E-state index in [0.29, 0.717) is 23.7 Å². The summed E-state index contributed by atoms with van der Waals surface area (Å²) in [4.78, 5) is 5.97. The Hall–Kier alpha value is -2.35. The molecule has 0 unspecified atom stereocenters. The van der Waals surface area contributed by atoms with Crippen molar-refractivity contribution in [2.75, 3.05) is 39.8 Å². The van der Waals surface area contributed by atoms with Crippen molar-refractivity contribution in [1.82, 2.24) is 14.2 Å². The predicted octanol–water partition coefficient (Wildman–Crippen LogP) is 2.73. The van der Waals surface area contributed by atoms with Crippen molar-refractivity contribution in [3.8, 4) is 5.75 Å². The van der Waals surface area contributed by atoms with E-state index in [4.69, 9.17) is 4.74 Å². The zero-order valence-electron chi connectivity index (χ0n) is 16.0. The number of hydrogen-bond acceptors (Lipinski definition) is 4. The molecule has 1 aromatic heterocycles. The van der Waals surface area contributed by atoms with Gasteiger partial charge in [0.2, 0.25) is 10.0 Å². The largest absolute Gasteiger partial charge is 0.497 e. The molecule has 0 atom stereocenters. The van der Waals surface area contributed by atoms with Crippen LogP contribution in [0.2, 0.25) is 0 Å². The van der Waals surface area contributed by atoms with Crippen molar-refractivity contribution >= 4 is 20.9 Å². The van der Waals surface area contributed by atoms with Crippen molar-refractivity contribution in [1.29, 1.82) is 0 Å². The number of nitrogens with one attached hydrogen (secondary N) is 1. The molecule has 2 heterocycles. The maximum atomic E-state index is 12.8. The van der Waals surface area contributed by atoms with Crippen LogP contribution >= 0.6 is 0 Å². The van der Waals surface area contributed by atoms with Gasteiger partial charge < -0.3 is 14.6 Å². The third-order valence-electron chi connectivity index (χ3n) is 5.40. The van der Waals surface area contributed by atoms with Gasteiger partial charge in [0.15, 0.2) is 0 Å². The number of nitrogens with zero attached hydrogens (tertiary/aromatic N) is 2. The average Bonchev–Trinajstić information content (AvgIpc) is 3.16. The summed E-state index contributed by atoms with van der Waals surface area (Å²) in [5, 5.41) is 1.27. The smallest absolute Gasteiger partial charge is 0.243 e. The summed E-state index contributed by atoms with van der Waals surface area (Å²) in [6, 6.07) is 14.9. The molecule has 3 aromatic rings. The number of benzene rings is 2. The van der Waals surface area contributed by atoms with Crippen LogP contribution in [0.25, 0.3) is 10.9 Å². The molecule has 7 heteroatoms. The molecule has 1 saturated heterocycles. The van der Waals surface area contributed by atoms with Gasteiger partial charge in [-0.3, -0.25) is 0 Å². The maximum absolute atomic E-state index is 12.8. The van der Waals surface area contributed by atoms with E-state index in [9.17, 15) is 8.42 Å². The van der Waals surface area contributed by atoms with Crippen LogP contribution in [0.4, 0.5) is 0 Å². The van der Waals surface area contributed by atoms with Gasteiger partial charge in [0, 0.05) is 49.8 Å². The van der Waals surface area contributed by atoms with Gasteiger partial charge in [-0.2, -0.15) is 4.31 Å². The number of methoxy groups -OCH3 is 1. The van der Waals surface area contributed by atoms with Crippen molar-refractivity contribution < 1.29 is 13.2 Å². The Morgan fingerprint density at radius 2 is 1.71 bits per heavy atom. The van der Waals surface area contributed by atoms with Gasteiger partial charge in [-0.15, -0.1) is 0 Å². The summed E-state index contributed by atoms with van der Waals surface area (Å²) in [6.07, 6.45) is 3.03. The normalized spacial score (nSPS) is 16.5. The first kappa shape index (κ1) is 19.0. The van der Waals surface area contributed by atoms with Crippen LogP contribution in [0.1, 0.15) is 5.56 Å². The minimum atomic E-state index is -3.45. The third kappa shape index (κ3) is 3.78. The number of rotatable bonds is 6. The lowest BCUT2D eigenvalue weighted by Crippen LogP contribution is -2.48. The number of sulfonamides is 1. The average molecular weight is 400 g/mol. The summed E-state index contributed by atoms with van der Waals surface area (Å²) in [5.74, 6) is 0.654. The molecule has 0 spiro atoms. The predicted molar refractivity (Wildman–Crippen MR) is 110 cm³/mol. The Morgan fingerprint density at radius 1 is 1.00 bits per heavy atom. The molecule has 0 saturated carbocycles. The summed E-state index contributed by atoms with van der Waals surface area (Å²) in [5.41, 5.74) is 2.47. The molecular formula is C21H25N3O3S. The number of para-hydroxylation sites is 1. The molecule has 1 N–H and O–H groups in total. The van der Waals surface area contributed by atoms with Gasteiger partial charge in [0.1, 0.15) is 5.75 Å². The molecule has 0 radical (unpaired) electrons. The SMILES string of the molecule is COc1ccc(S(=O)(=O)N2CCN(CCc3c[nH]c4ccccc34)CC2)cc1. The van der Waals surface area contributed by atoms with Gasteiger partial charge in [-0.1, -0.05) is 18.2 Å². The van der Waals surface area contributed by atoms with Gasteiger partial charge in [0.25, 0.3) is 0 Å². The van der Waals surface area contributed by atoms with Crippen LogP contribution in [-0.4, -0.2) is 62.4 Å². The van der Waals surface area contributed by atoms with Crippen LogP contribution in [0.15, 0.2) is 59.6 Å². The number of hydrogen-bond donors (Lipinski definition) is 1. The molecule has 6 nitrogen and oxygen atoms in total. The number of fused-ring (bicyclic) bond motifs is 1. The molecular weight excluding hydrogens is 374 g/mol. The Morgan fingerprint density at radius 3 is 2.43 bits per heavy atom. The third-order valence-corrected chi connectivity index (χ3v) is 7.31. The van der Waals surface area contributed by atoms with Crippen molar-refractivity contribution in [2.45, 2.75) is 11.3 Å². The summed E-state index contributed by atoms with van der Waals surface area (Å²) < 4.78 is 32.4. The Labute approximate surface area is 165 Å². The molecule has 0 amide bonds. The standard InChI is InChI=1S/C21H25N3O3S/c1-27-18-6-8-19(9-7-18)28(25,26)24-14-12-23(13-15-24)11-10-17-16-22-21-5-3-2-4-20(17)21/h2-9,16,22H,10-15H2,1H3. The van der Waals surface area contributed by atoms with Crippen LogP contribution < -0.4 is 4.74 Å². The molecule has 1 aliphatic heterocycles. The lowest BCUT2D eigenvalue weighted by molar-refractivity contribution is 0.190. The van der Waals surface area contributed by atoms with Gasteiger partial charge in [-0.25, -0.2) is 8.42 Å². The minimum absolute atomic E-state index is 0.320. The fourth-order valence-corrected chi connectivity index (χ4v) is 5.13. The number of H-pyrrole nitrogens is 1. The first-order valence-electron chi connectivity index (χ1n) is 9.49. The van der Waals surface area contributed by atoms with Gasteiger partial charge >= 0.3 is 0 Å². The molecule has 4 rings (SSSR count). The van der Waals surface area contributed by atoms with E-state index >= 15 is 0 Å². The minimum Gasteiger partial charge on any atom is -0.497 e. The van der Waals surface area contributed by atoms with Crippen molar-refractivity contribution in [3.05, 3.63) is 60.3 Å². The molecule has 2 aromatic carbocycles. The molecule has 0 bridgehead atoms. The number of aromatic nitrogens is 1. The molecule has 1 aliphatic rings. The fraction of sp³-hybridized carbons (Fsp3) is 0.333. The quantitative estimate of drug-likeness (QED) is 0.692. The van der Waals surface area contributed by atoms with E-state index in [2.05, 4.69) is 34.3 Å². The summed E-state index contributed by atoms with van der Waals surface area (Å²) >= 11 is 0. The molecule has 1 fully saturated rings. The van der Waals surface area contributed by atoms with E-state index in [1.807, 2.05) is 6.07 Å². The molecule has 0 aliphatic carbocycles. The van der Waals surface area contributed by atoms with E-state index in [-0.39, 0.29) is 0 Å². The van der Waals surface area contributed by atoms with Crippen LogP contribution in [-0.2, 0) is 16.4 Å². The van der Waals surface area contributed by atoms with Crippen LogP contribution in [0.5, 0.6) is 5.75 Å². The van der Waals surface area contributed by atoms with E-state index in [1.165, 1.54) is 10.9 Å². The highest BCUT2D eigenvalue weighted by Crippen LogP contribution is 2.22. The number of piperazine rings is 1. The summed E-state index contributed by atoms with van der Waals surface area (Å²) in [6.45, 7) is 3.46. The Kier molecular flexibility index (Phi) is 5.39. The first-order chi connectivity index (χ1) is 13.6. The van der Waals surface area contributed by atoms with E-state index < -0.39 is 10.0 Å². The van der Waals surface area contributed by atoms with E-state index in [0.717, 1.165) is 31.6 Å². The van der Waals surface area contributed by atoms with Crippen molar-refractivity contribution in [2.24, 2.45) is 0 Å². The number of aromatic amines is 1. The second kappa shape index (κ2) is 7.95. The monoisotopic (exact) mass is 399 g/mol. The van der Waals surface area contributed by atoms with E-state index in [1.54, 1.807) is 35.7 Å². The first-order valence-corrected chi connectivity index (χ1v) is 10.9. The zero-order chi connectivity index (χ0) is 19.6. The Bertz CT molecular complexity index is 1040. The summed E-state index contributed by atoms with van der Waals surface area (Å²) in [7, 11) is -1.88. The topological polar surface area (TPSA) is 65.6 Å².